The van der Waals surface area contributed by atoms with Crippen molar-refractivity contribution < 1.29 is 23.3 Å². The molecule has 2 aromatic rings. The standard InChI is InChI=1S/2C9H11.C2H6Si.2CH3.Zr/c2*1-2-5-9-7-3-6-8(9)4-1;1-3-2;;;/h2*3,6-7H,1-2,4-5H2;1-2H3;2*1H3;/q2*-1;;2*-1;. The number of hydrogen-bond acceptors (Lipinski definition) is 0. The van der Waals surface area contributed by atoms with Gasteiger partial charge >= 0.3 is 41.9 Å². The molecule has 4 rings (SSSR count). The molecule has 2 aromatic carbocycles. The van der Waals surface area contributed by atoms with Crippen molar-refractivity contribution in [2.75, 3.05) is 0 Å². The van der Waals surface area contributed by atoms with E-state index in [1.54, 1.807) is 45.6 Å². The van der Waals surface area contributed by atoms with Gasteiger partial charge in [0.15, 0.2) is 0 Å². The molecular formula is C22H34SiZr-4. The van der Waals surface area contributed by atoms with E-state index in [4.69, 9.17) is 0 Å². The van der Waals surface area contributed by atoms with Crippen molar-refractivity contribution in [1.82, 2.24) is 0 Å². The van der Waals surface area contributed by atoms with Crippen LogP contribution in [0.15, 0.2) is 36.4 Å². The van der Waals surface area contributed by atoms with E-state index in [9.17, 15) is 0 Å². The summed E-state index contributed by atoms with van der Waals surface area (Å²) in [5.74, 6) is 0. The second-order valence-electron chi connectivity index (χ2n) is 6.57. The average molecular weight is 418 g/mol. The fourth-order valence-electron chi connectivity index (χ4n) is 3.23. The molecule has 134 valence electrons. The Morgan fingerprint density at radius 3 is 1.42 bits per heavy atom. The van der Waals surface area contributed by atoms with Gasteiger partial charge in [-0.1, -0.05) is 51.4 Å². The van der Waals surface area contributed by atoms with Gasteiger partial charge in [-0.15, -0.1) is 0 Å². The fourth-order valence-corrected chi connectivity index (χ4v) is 3.23. The Bertz CT molecular complexity index is 485. The molecule has 0 nitrogen and oxygen atoms in total. The molecule has 0 aliphatic heterocycles. The first-order valence-corrected chi connectivity index (χ1v) is 14.8. The van der Waals surface area contributed by atoms with Gasteiger partial charge in [0.1, 0.15) is 0 Å². The molecule has 0 saturated carbocycles. The summed E-state index contributed by atoms with van der Waals surface area (Å²) in [7, 11) is 0. The predicted molar refractivity (Wildman–Crippen MR) is 108 cm³/mol. The quantitative estimate of drug-likeness (QED) is 0.351. The summed E-state index contributed by atoms with van der Waals surface area (Å²) in [6.07, 6.45) is 10.9. The third-order valence-corrected chi connectivity index (χ3v) is 4.30. The van der Waals surface area contributed by atoms with E-state index in [1.165, 1.54) is 51.4 Å². The minimum Gasteiger partial charge on any atom is -0.358 e. The first-order valence-electron chi connectivity index (χ1n) is 8.65. The van der Waals surface area contributed by atoms with Gasteiger partial charge in [0, 0.05) is 0 Å². The van der Waals surface area contributed by atoms with Crippen LogP contribution in [0.1, 0.15) is 47.9 Å². The van der Waals surface area contributed by atoms with Crippen molar-refractivity contribution in [3.8, 4) is 0 Å². The van der Waals surface area contributed by atoms with Crippen molar-refractivity contribution in [2.45, 2.75) is 64.5 Å². The van der Waals surface area contributed by atoms with Crippen LogP contribution in [0.25, 0.3) is 0 Å². The van der Waals surface area contributed by atoms with Crippen LogP contribution in [0.5, 0.6) is 0 Å². The summed E-state index contributed by atoms with van der Waals surface area (Å²) in [5.41, 5.74) is 6.60. The Morgan fingerprint density at radius 2 is 1.08 bits per heavy atom. The van der Waals surface area contributed by atoms with E-state index in [0.717, 1.165) is 0 Å². The molecule has 0 amide bonds. The topological polar surface area (TPSA) is 0 Å². The van der Waals surface area contributed by atoms with Gasteiger partial charge in [0.05, 0.1) is 0 Å². The molecule has 0 spiro atoms. The van der Waals surface area contributed by atoms with E-state index in [1.807, 2.05) is 0 Å². The Kier molecular flexibility index (Phi) is 13.0. The Labute approximate surface area is 166 Å². The zero-order valence-corrected chi connectivity index (χ0v) is 19.6. The van der Waals surface area contributed by atoms with E-state index in [0.29, 0.717) is 0 Å². The number of rotatable bonds is 0. The molecule has 0 aromatic heterocycles. The van der Waals surface area contributed by atoms with Gasteiger partial charge in [0.2, 0.25) is 0 Å². The van der Waals surface area contributed by atoms with Gasteiger partial charge in [0.25, 0.3) is 0 Å². The summed E-state index contributed by atoms with van der Waals surface area (Å²) in [6, 6.07) is 13.4. The summed E-state index contributed by atoms with van der Waals surface area (Å²) in [4.78, 5) is 0. The number of fused-ring (bicyclic) bond motifs is 2. The molecule has 0 fully saturated rings. The summed E-state index contributed by atoms with van der Waals surface area (Å²) in [6.45, 7) is 4.62. The monoisotopic (exact) mass is 416 g/mol. The zero-order valence-electron chi connectivity index (χ0n) is 16.1. The molecule has 0 unspecified atom stereocenters. The maximum absolute atomic E-state index is 2.31. The number of hydrogen-bond donors (Lipinski definition) is 0. The molecule has 0 atom stereocenters. The molecular weight excluding hydrogens is 384 g/mol. The van der Waals surface area contributed by atoms with Crippen molar-refractivity contribution in [2.24, 2.45) is 0 Å². The molecule has 0 radical (unpaired) electrons. The molecule has 2 heteroatoms. The second kappa shape index (κ2) is 13.1. The van der Waals surface area contributed by atoms with Crippen LogP contribution >= 0.6 is 0 Å². The van der Waals surface area contributed by atoms with E-state index in [2.05, 4.69) is 49.5 Å². The molecule has 0 bridgehead atoms. The Hall–Kier alpha value is -0.200. The van der Waals surface area contributed by atoms with Crippen LogP contribution in [-0.4, -0.2) is 5.43 Å². The third kappa shape index (κ3) is 8.26. The first kappa shape index (κ1) is 23.8. The molecule has 0 saturated heterocycles. The maximum Gasteiger partial charge on any atom is -0.0512 e. The second-order valence-corrected chi connectivity index (χ2v) is 15.9. The maximum atomic E-state index is 2.31. The van der Waals surface area contributed by atoms with E-state index >= 15 is 0 Å². The van der Waals surface area contributed by atoms with Gasteiger partial charge in [-0.2, -0.15) is 46.5 Å². The van der Waals surface area contributed by atoms with Crippen LogP contribution < -0.4 is 0 Å². The summed E-state index contributed by atoms with van der Waals surface area (Å²) < 4.78 is 0. The van der Waals surface area contributed by atoms with Gasteiger partial charge in [-0.3, -0.25) is 0 Å². The fraction of sp³-hybridized carbons (Fsp3) is 0.455. The molecule has 0 N–H and O–H groups in total. The van der Waals surface area contributed by atoms with Crippen LogP contribution in [0, 0.1) is 14.9 Å². The normalized spacial score (nSPS) is 14.0. The minimum absolute atomic E-state index is 0. The third-order valence-electron chi connectivity index (χ3n) is 4.30. The van der Waals surface area contributed by atoms with E-state index < -0.39 is 0 Å². The van der Waals surface area contributed by atoms with Crippen LogP contribution in [0.2, 0.25) is 13.1 Å². The predicted octanol–water partition coefficient (Wildman–Crippen LogP) is 6.25. The SMILES string of the molecule is C[Si](C)=[Zr].[CH3-].[CH3-].c1cc2c([cH-]1)CCCC2.c1cc2c([cH-]1)CCCC2. The smallest absolute Gasteiger partial charge is 0.0512 e. The van der Waals surface area contributed by atoms with Crippen LogP contribution in [-0.2, 0) is 49.0 Å². The van der Waals surface area contributed by atoms with Crippen molar-refractivity contribution in [1.29, 1.82) is 0 Å². The molecule has 0 heterocycles. The summed E-state index contributed by atoms with van der Waals surface area (Å²) >= 11 is 1.74. The molecule has 24 heavy (non-hydrogen) atoms. The minimum atomic E-state index is 0. The Morgan fingerprint density at radius 1 is 0.750 bits per heavy atom. The van der Waals surface area contributed by atoms with Crippen molar-refractivity contribution in [3.05, 3.63) is 73.5 Å². The van der Waals surface area contributed by atoms with E-state index in [-0.39, 0.29) is 20.3 Å². The van der Waals surface area contributed by atoms with Crippen LogP contribution in [0.4, 0.5) is 0 Å². The largest absolute Gasteiger partial charge is 0.358 e. The first-order chi connectivity index (χ1) is 10.7. The van der Waals surface area contributed by atoms with Crippen molar-refractivity contribution >= 4 is 5.43 Å². The number of aryl methyl sites for hydroxylation is 4. The van der Waals surface area contributed by atoms with Crippen LogP contribution in [0.3, 0.4) is 0 Å². The summed E-state index contributed by atoms with van der Waals surface area (Å²) in [5, 5.41) is 0. The van der Waals surface area contributed by atoms with Gasteiger partial charge in [-0.25, -0.2) is 12.1 Å². The van der Waals surface area contributed by atoms with Gasteiger partial charge in [-0.05, 0) is 0 Å². The Balaban J connectivity index is 0.000000341. The molecule has 2 aliphatic rings. The average Bonchev–Trinajstić information content (AvgIpc) is 3.16. The van der Waals surface area contributed by atoms with Crippen molar-refractivity contribution in [3.63, 3.8) is 0 Å². The van der Waals surface area contributed by atoms with Gasteiger partial charge < -0.3 is 14.9 Å². The molecule has 2 aliphatic carbocycles. The zero-order chi connectivity index (χ0) is 15.8.